The quantitative estimate of drug-likeness (QED) is 0.425. The zero-order valence-corrected chi connectivity index (χ0v) is 18.1. The van der Waals surface area contributed by atoms with Crippen molar-refractivity contribution in [2.24, 2.45) is 0 Å². The number of anilines is 1. The molecule has 0 bridgehead atoms. The van der Waals surface area contributed by atoms with Crippen LogP contribution in [0.1, 0.15) is 10.5 Å². The maximum Gasteiger partial charge on any atom is 0.280 e. The largest absolute Gasteiger partial charge is 0.479 e. The number of nitrogens with one attached hydrogen (secondary N) is 1. The summed E-state index contributed by atoms with van der Waals surface area (Å²) in [5.74, 6) is -4.02. The Morgan fingerprint density at radius 3 is 2.94 bits per heavy atom. The molecule has 1 saturated heterocycles. The minimum Gasteiger partial charge on any atom is -0.479 e. The molecule has 34 heavy (non-hydrogen) atoms. The van der Waals surface area contributed by atoms with E-state index < -0.39 is 38.0 Å². The lowest BCUT2D eigenvalue weighted by molar-refractivity contribution is -0.0675. The number of halogens is 4. The van der Waals surface area contributed by atoms with Gasteiger partial charge in [0.1, 0.15) is 17.7 Å². The molecule has 4 aromatic rings. The number of imidazole rings is 1. The molecule has 5 rings (SSSR count). The number of alkyl halides is 3. The fraction of sp³-hybridized carbons (Fsp3) is 0.409. The number of benzene rings is 1. The van der Waals surface area contributed by atoms with E-state index in [-0.39, 0.29) is 36.9 Å². The van der Waals surface area contributed by atoms with Crippen LogP contribution in [0.5, 0.6) is 5.88 Å². The highest BCUT2D eigenvalue weighted by Crippen LogP contribution is 2.35. The van der Waals surface area contributed by atoms with E-state index in [0.29, 0.717) is 22.2 Å². The van der Waals surface area contributed by atoms with Gasteiger partial charge in [-0.2, -0.15) is 4.98 Å². The predicted octanol–water partition coefficient (Wildman–Crippen LogP) is 3.61. The van der Waals surface area contributed by atoms with E-state index in [9.17, 15) is 17.6 Å². The van der Waals surface area contributed by atoms with Gasteiger partial charge in [-0.05, 0) is 37.2 Å². The standard InChI is InChI=1S/C22H23F4N7O/c1-31-6-4-17(22(25,26)11-31)28-21-29-20(34-2)19-14(3-7-33(19)30-21)13-9-15(24)18-16(10-13)32(8-5-23)12-27-18/h3,7,9-10,12,17H,4-6,8,11H2,1-2H3,(H,28,30)/i1D3. The van der Waals surface area contributed by atoms with Gasteiger partial charge < -0.3 is 19.5 Å². The SMILES string of the molecule is [2H]C([2H])([2H])N1CCC(Nc2nc(OC)c3c(-c4cc(F)c5ncn(CCF)c5c4)ccn3n2)C(F)(F)C1. The average molecular weight is 480 g/mol. The van der Waals surface area contributed by atoms with Crippen LogP contribution in [-0.2, 0) is 6.54 Å². The number of ether oxygens (including phenoxy) is 1. The van der Waals surface area contributed by atoms with Gasteiger partial charge in [-0.1, -0.05) is 0 Å². The molecule has 1 atom stereocenters. The number of methoxy groups -OCH3 is 1. The first kappa shape index (κ1) is 19.0. The van der Waals surface area contributed by atoms with Gasteiger partial charge >= 0.3 is 0 Å². The molecule has 4 heterocycles. The molecule has 0 saturated carbocycles. The normalized spacial score (nSPS) is 20.3. The summed E-state index contributed by atoms with van der Waals surface area (Å²) in [6.45, 7) is -4.21. The van der Waals surface area contributed by atoms with Gasteiger partial charge in [0.2, 0.25) is 11.8 Å². The number of hydrogen-bond donors (Lipinski definition) is 1. The number of piperidine rings is 1. The Hall–Kier alpha value is -3.41. The van der Waals surface area contributed by atoms with E-state index in [1.807, 2.05) is 0 Å². The number of aryl methyl sites for hydroxylation is 1. The van der Waals surface area contributed by atoms with Crippen LogP contribution in [0.2, 0.25) is 0 Å². The Bertz CT molecular complexity index is 1460. The molecule has 8 nitrogen and oxygen atoms in total. The van der Waals surface area contributed by atoms with Crippen LogP contribution in [0.25, 0.3) is 27.7 Å². The summed E-state index contributed by atoms with van der Waals surface area (Å²) in [4.78, 5) is 9.03. The molecule has 1 fully saturated rings. The van der Waals surface area contributed by atoms with Crippen molar-refractivity contribution < 1.29 is 26.4 Å². The summed E-state index contributed by atoms with van der Waals surface area (Å²) in [7, 11) is 1.35. The van der Waals surface area contributed by atoms with Crippen molar-refractivity contribution in [2.45, 2.75) is 24.9 Å². The monoisotopic (exact) mass is 480 g/mol. The van der Waals surface area contributed by atoms with Gasteiger partial charge in [0.05, 0.1) is 38.1 Å². The molecule has 0 amide bonds. The summed E-state index contributed by atoms with van der Waals surface area (Å²) in [5, 5.41) is 6.89. The lowest BCUT2D eigenvalue weighted by atomic mass is 10.0. The van der Waals surface area contributed by atoms with E-state index >= 15 is 0 Å². The number of rotatable bonds is 6. The van der Waals surface area contributed by atoms with Crippen LogP contribution in [0.4, 0.5) is 23.5 Å². The minimum absolute atomic E-state index is 0.0211. The van der Waals surface area contributed by atoms with Crippen LogP contribution in [0.3, 0.4) is 0 Å². The second kappa shape index (κ2) is 8.42. The van der Waals surface area contributed by atoms with Crippen LogP contribution in [0, 0.1) is 5.82 Å². The van der Waals surface area contributed by atoms with Gasteiger partial charge in [0.15, 0.2) is 5.82 Å². The fourth-order valence-electron chi connectivity index (χ4n) is 4.25. The highest BCUT2D eigenvalue weighted by atomic mass is 19.3. The van der Waals surface area contributed by atoms with Crippen molar-refractivity contribution in [3.05, 3.63) is 36.5 Å². The molecule has 1 aliphatic heterocycles. The summed E-state index contributed by atoms with van der Waals surface area (Å²) in [6, 6.07) is 3.21. The van der Waals surface area contributed by atoms with Gasteiger partial charge in [-0.3, -0.25) is 0 Å². The molecule has 180 valence electrons. The molecule has 0 spiro atoms. The van der Waals surface area contributed by atoms with E-state index in [1.54, 1.807) is 18.3 Å². The predicted molar refractivity (Wildman–Crippen MR) is 119 cm³/mol. The third kappa shape index (κ3) is 3.81. The zero-order valence-electron chi connectivity index (χ0n) is 21.1. The minimum atomic E-state index is -3.35. The number of fused-ring (bicyclic) bond motifs is 2. The van der Waals surface area contributed by atoms with E-state index in [0.717, 1.165) is 4.90 Å². The highest BCUT2D eigenvalue weighted by molar-refractivity contribution is 5.90. The Morgan fingerprint density at radius 1 is 1.35 bits per heavy atom. The van der Waals surface area contributed by atoms with Gasteiger partial charge in [0, 0.05) is 22.4 Å². The Kier molecular flexibility index (Phi) is 4.70. The molecule has 12 heteroatoms. The van der Waals surface area contributed by atoms with E-state index in [4.69, 9.17) is 8.85 Å². The molecule has 1 aliphatic rings. The maximum atomic E-state index is 14.8. The molecule has 0 radical (unpaired) electrons. The first-order valence-corrected chi connectivity index (χ1v) is 10.6. The fourth-order valence-corrected chi connectivity index (χ4v) is 4.25. The number of likely N-dealkylation sites (tertiary alicyclic amines) is 1. The van der Waals surface area contributed by atoms with Crippen LogP contribution in [-0.4, -0.2) is 74.9 Å². The van der Waals surface area contributed by atoms with Gasteiger partial charge in [-0.15, -0.1) is 5.10 Å². The van der Waals surface area contributed by atoms with Crippen LogP contribution >= 0.6 is 0 Å². The molecular weight excluding hydrogens is 454 g/mol. The smallest absolute Gasteiger partial charge is 0.280 e. The van der Waals surface area contributed by atoms with Crippen LogP contribution < -0.4 is 10.1 Å². The molecule has 1 N–H and O–H groups in total. The second-order valence-electron chi connectivity index (χ2n) is 8.09. The third-order valence-corrected chi connectivity index (χ3v) is 5.89. The molecule has 1 aromatic carbocycles. The summed E-state index contributed by atoms with van der Waals surface area (Å²) < 4.78 is 87.8. The van der Waals surface area contributed by atoms with Crippen LogP contribution in [0.15, 0.2) is 30.7 Å². The third-order valence-electron chi connectivity index (χ3n) is 5.89. The van der Waals surface area contributed by atoms with Crippen molar-refractivity contribution in [1.29, 1.82) is 0 Å². The highest BCUT2D eigenvalue weighted by Gasteiger charge is 2.44. The topological polar surface area (TPSA) is 72.5 Å². The van der Waals surface area contributed by atoms with Crippen molar-refractivity contribution in [1.82, 2.24) is 29.0 Å². The first-order chi connectivity index (χ1) is 17.5. The number of hydrogen-bond acceptors (Lipinski definition) is 6. The summed E-state index contributed by atoms with van der Waals surface area (Å²) in [5.41, 5.74) is 1.84. The zero-order chi connectivity index (χ0) is 26.5. The number of aromatic nitrogens is 5. The summed E-state index contributed by atoms with van der Waals surface area (Å²) in [6.07, 6.45) is 2.78. The number of nitrogens with zero attached hydrogens (tertiary/aromatic N) is 6. The molecular formula is C22H23F4N7O. The van der Waals surface area contributed by atoms with E-state index in [1.165, 1.54) is 28.6 Å². The average Bonchev–Trinajstić information content (AvgIpc) is 3.44. The Labute approximate surface area is 196 Å². The molecule has 0 aliphatic carbocycles. The Morgan fingerprint density at radius 2 is 2.21 bits per heavy atom. The van der Waals surface area contributed by atoms with E-state index in [2.05, 4.69) is 20.4 Å². The molecule has 3 aromatic heterocycles. The second-order valence-corrected chi connectivity index (χ2v) is 8.09. The van der Waals surface area contributed by atoms with Crippen molar-refractivity contribution >= 4 is 22.5 Å². The lowest BCUT2D eigenvalue weighted by Crippen LogP contribution is -2.53. The van der Waals surface area contributed by atoms with Crippen molar-refractivity contribution in [3.63, 3.8) is 0 Å². The van der Waals surface area contributed by atoms with Gasteiger partial charge in [0.25, 0.3) is 5.92 Å². The van der Waals surface area contributed by atoms with Crippen molar-refractivity contribution in [3.8, 4) is 17.0 Å². The molecule has 1 unspecified atom stereocenters. The van der Waals surface area contributed by atoms with Crippen molar-refractivity contribution in [2.75, 3.05) is 39.2 Å². The first-order valence-electron chi connectivity index (χ1n) is 12.1. The summed E-state index contributed by atoms with van der Waals surface area (Å²) >= 11 is 0. The Balaban J connectivity index is 1.49. The lowest BCUT2D eigenvalue weighted by Gasteiger charge is -2.36. The van der Waals surface area contributed by atoms with Gasteiger partial charge in [-0.25, -0.2) is 27.1 Å². The maximum absolute atomic E-state index is 14.8.